The fourth-order valence-electron chi connectivity index (χ4n) is 3.28. The molecule has 0 spiro atoms. The molecule has 4 aromatic rings. The minimum Gasteiger partial charge on any atom is -0.350 e. The Morgan fingerprint density at radius 3 is 2.59 bits per heavy atom. The topological polar surface area (TPSA) is 110 Å². The highest BCUT2D eigenvalue weighted by Crippen LogP contribution is 2.14. The predicted octanol–water partition coefficient (Wildman–Crippen LogP) is 1.49. The molecule has 0 saturated heterocycles. The molecule has 0 saturated carbocycles. The Hall–Kier alpha value is -3.75. The number of hydrogen-bond acceptors (Lipinski definition) is 6. The van der Waals surface area contributed by atoms with Crippen LogP contribution in [0.25, 0.3) is 11.0 Å². The number of anilines is 1. The molecule has 0 bridgehead atoms. The zero-order chi connectivity index (χ0) is 20.5. The van der Waals surface area contributed by atoms with E-state index in [4.69, 9.17) is 0 Å². The van der Waals surface area contributed by atoms with Gasteiger partial charge in [0, 0.05) is 31.0 Å². The van der Waals surface area contributed by atoms with Gasteiger partial charge in [-0.1, -0.05) is 30.3 Å². The van der Waals surface area contributed by atoms with E-state index in [9.17, 15) is 9.59 Å². The highest BCUT2D eigenvalue weighted by molar-refractivity contribution is 5.73. The van der Waals surface area contributed by atoms with E-state index in [2.05, 4.69) is 25.4 Å². The molecular weight excluding hydrogens is 370 g/mol. The number of H-pyrrole nitrogens is 1. The standard InChI is InChI=1S/C20H21N7O2/c1-12-15(13(2)26(3)25-12)9-21-19-22-10-16-17(23-19)24-20(29)27(18(16)28)11-14-7-5-4-6-8-14/h4-8,10H,9,11H2,1-3H3,(H2,21,22,23,24,29). The molecular formula is C20H21N7O2. The van der Waals surface area contributed by atoms with Crippen LogP contribution in [0.3, 0.4) is 0 Å². The van der Waals surface area contributed by atoms with Gasteiger partial charge in [-0.25, -0.2) is 9.78 Å². The number of rotatable bonds is 5. The average Bonchev–Trinajstić information content (AvgIpc) is 2.95. The molecule has 3 heterocycles. The Balaban J connectivity index is 1.64. The van der Waals surface area contributed by atoms with Crippen LogP contribution in [-0.2, 0) is 20.1 Å². The highest BCUT2D eigenvalue weighted by atomic mass is 16.2. The summed E-state index contributed by atoms with van der Waals surface area (Å²) in [5.74, 6) is 0.330. The second kappa shape index (κ2) is 7.34. The van der Waals surface area contributed by atoms with Crippen molar-refractivity contribution in [1.82, 2.24) is 29.3 Å². The monoisotopic (exact) mass is 391 g/mol. The van der Waals surface area contributed by atoms with Crippen molar-refractivity contribution >= 4 is 17.0 Å². The summed E-state index contributed by atoms with van der Waals surface area (Å²) in [4.78, 5) is 36.5. The van der Waals surface area contributed by atoms with Gasteiger partial charge in [0.1, 0.15) is 5.39 Å². The highest BCUT2D eigenvalue weighted by Gasteiger charge is 2.12. The molecule has 2 N–H and O–H groups in total. The average molecular weight is 391 g/mol. The quantitative estimate of drug-likeness (QED) is 0.533. The summed E-state index contributed by atoms with van der Waals surface area (Å²) in [5.41, 5.74) is 3.18. The predicted molar refractivity (Wildman–Crippen MR) is 110 cm³/mol. The first-order valence-electron chi connectivity index (χ1n) is 9.21. The lowest BCUT2D eigenvalue weighted by Gasteiger charge is -2.08. The van der Waals surface area contributed by atoms with Crippen LogP contribution in [0.2, 0.25) is 0 Å². The summed E-state index contributed by atoms with van der Waals surface area (Å²) in [6.45, 7) is 4.61. The van der Waals surface area contributed by atoms with Gasteiger partial charge in [0.15, 0.2) is 5.65 Å². The minimum atomic E-state index is -0.505. The molecule has 0 fully saturated rings. The number of nitrogens with one attached hydrogen (secondary N) is 2. The molecule has 3 aromatic heterocycles. The number of nitrogens with zero attached hydrogens (tertiary/aromatic N) is 5. The molecule has 0 radical (unpaired) electrons. The molecule has 9 heteroatoms. The fourth-order valence-corrected chi connectivity index (χ4v) is 3.28. The summed E-state index contributed by atoms with van der Waals surface area (Å²) < 4.78 is 2.97. The van der Waals surface area contributed by atoms with Crippen LogP contribution in [0.1, 0.15) is 22.5 Å². The van der Waals surface area contributed by atoms with Crippen molar-refractivity contribution in [3.8, 4) is 0 Å². The molecule has 0 atom stereocenters. The fraction of sp³-hybridized carbons (Fsp3) is 0.250. The summed E-state index contributed by atoms with van der Waals surface area (Å²) in [6, 6.07) is 9.34. The van der Waals surface area contributed by atoms with Crippen LogP contribution in [0.15, 0.2) is 46.1 Å². The Morgan fingerprint density at radius 2 is 1.90 bits per heavy atom. The maximum atomic E-state index is 12.8. The van der Waals surface area contributed by atoms with E-state index in [0.717, 1.165) is 27.1 Å². The third-order valence-electron chi connectivity index (χ3n) is 5.00. The summed E-state index contributed by atoms with van der Waals surface area (Å²) in [6.07, 6.45) is 1.44. The van der Waals surface area contributed by atoms with Crippen LogP contribution >= 0.6 is 0 Å². The second-order valence-corrected chi connectivity index (χ2v) is 6.89. The van der Waals surface area contributed by atoms with Crippen LogP contribution in [-0.4, -0.2) is 29.3 Å². The van der Waals surface area contributed by atoms with Gasteiger partial charge in [0.25, 0.3) is 5.56 Å². The van der Waals surface area contributed by atoms with E-state index in [1.54, 1.807) is 0 Å². The molecule has 1 aromatic carbocycles. The van der Waals surface area contributed by atoms with Crippen molar-refractivity contribution in [2.75, 3.05) is 5.32 Å². The van der Waals surface area contributed by atoms with Crippen molar-refractivity contribution in [2.24, 2.45) is 7.05 Å². The smallest absolute Gasteiger partial charge is 0.330 e. The zero-order valence-corrected chi connectivity index (χ0v) is 16.4. The van der Waals surface area contributed by atoms with E-state index in [1.165, 1.54) is 6.20 Å². The Labute approximate surface area is 166 Å². The van der Waals surface area contributed by atoms with Gasteiger partial charge in [-0.3, -0.25) is 19.0 Å². The van der Waals surface area contributed by atoms with Gasteiger partial charge in [-0.15, -0.1) is 0 Å². The lowest BCUT2D eigenvalue weighted by atomic mass is 10.2. The lowest BCUT2D eigenvalue weighted by molar-refractivity contribution is 0.709. The van der Waals surface area contributed by atoms with E-state index in [0.29, 0.717) is 12.5 Å². The normalized spacial score (nSPS) is 11.1. The van der Waals surface area contributed by atoms with Crippen LogP contribution in [0.5, 0.6) is 0 Å². The number of fused-ring (bicyclic) bond motifs is 1. The maximum Gasteiger partial charge on any atom is 0.330 e. The number of aryl methyl sites for hydroxylation is 2. The largest absolute Gasteiger partial charge is 0.350 e. The first-order chi connectivity index (χ1) is 13.9. The number of aromatic nitrogens is 6. The van der Waals surface area contributed by atoms with Crippen molar-refractivity contribution < 1.29 is 0 Å². The first-order valence-corrected chi connectivity index (χ1v) is 9.21. The summed E-state index contributed by atoms with van der Waals surface area (Å²) in [7, 11) is 1.89. The van der Waals surface area contributed by atoms with Gasteiger partial charge < -0.3 is 5.32 Å². The Morgan fingerprint density at radius 1 is 1.14 bits per heavy atom. The van der Waals surface area contributed by atoms with Gasteiger partial charge in [0.2, 0.25) is 5.95 Å². The minimum absolute atomic E-state index is 0.185. The molecule has 0 unspecified atom stereocenters. The van der Waals surface area contributed by atoms with Gasteiger partial charge in [0.05, 0.1) is 12.2 Å². The molecule has 29 heavy (non-hydrogen) atoms. The number of aromatic amines is 1. The van der Waals surface area contributed by atoms with Crippen molar-refractivity contribution in [3.05, 3.63) is 79.9 Å². The SMILES string of the molecule is Cc1nn(C)c(C)c1CNc1ncc2c(=O)n(Cc3ccccc3)c(=O)[nH]c2n1. The first kappa shape index (κ1) is 18.6. The van der Waals surface area contributed by atoms with Gasteiger partial charge in [-0.2, -0.15) is 10.1 Å². The van der Waals surface area contributed by atoms with E-state index in [-0.39, 0.29) is 17.6 Å². The second-order valence-electron chi connectivity index (χ2n) is 6.89. The van der Waals surface area contributed by atoms with Gasteiger partial charge in [-0.05, 0) is 19.4 Å². The van der Waals surface area contributed by atoms with Gasteiger partial charge >= 0.3 is 5.69 Å². The van der Waals surface area contributed by atoms with Crippen LogP contribution in [0.4, 0.5) is 5.95 Å². The lowest BCUT2D eigenvalue weighted by Crippen LogP contribution is -2.35. The number of hydrogen-bond donors (Lipinski definition) is 2. The van der Waals surface area contributed by atoms with E-state index in [1.807, 2.05) is 55.9 Å². The van der Waals surface area contributed by atoms with Crippen LogP contribution in [0, 0.1) is 13.8 Å². The van der Waals surface area contributed by atoms with Crippen molar-refractivity contribution in [2.45, 2.75) is 26.9 Å². The van der Waals surface area contributed by atoms with Crippen LogP contribution < -0.4 is 16.6 Å². The van der Waals surface area contributed by atoms with Crippen molar-refractivity contribution in [3.63, 3.8) is 0 Å². The molecule has 148 valence electrons. The molecule has 9 nitrogen and oxygen atoms in total. The third kappa shape index (κ3) is 3.54. The van der Waals surface area contributed by atoms with Crippen molar-refractivity contribution in [1.29, 1.82) is 0 Å². The number of benzene rings is 1. The summed E-state index contributed by atoms with van der Waals surface area (Å²) >= 11 is 0. The Kier molecular flexibility index (Phi) is 4.71. The molecule has 0 amide bonds. The Bertz CT molecular complexity index is 1300. The summed E-state index contributed by atoms with van der Waals surface area (Å²) in [5, 5.41) is 7.78. The zero-order valence-electron chi connectivity index (χ0n) is 16.4. The molecule has 4 rings (SSSR count). The maximum absolute atomic E-state index is 12.8. The molecule has 0 aliphatic carbocycles. The molecule has 0 aliphatic rings. The van der Waals surface area contributed by atoms with E-state index < -0.39 is 11.2 Å². The third-order valence-corrected chi connectivity index (χ3v) is 5.00. The molecule has 0 aliphatic heterocycles. The van der Waals surface area contributed by atoms with E-state index >= 15 is 0 Å².